The number of esters is 1. The zero-order valence-electron chi connectivity index (χ0n) is 14.1. The normalized spacial score (nSPS) is 21.7. The van der Waals surface area contributed by atoms with Crippen LogP contribution >= 0.6 is 15.9 Å². The molecule has 1 aliphatic rings. The van der Waals surface area contributed by atoms with Gasteiger partial charge in [0.25, 0.3) is 0 Å². The van der Waals surface area contributed by atoms with E-state index in [9.17, 15) is 4.79 Å². The SMILES string of the molecule is CCOC(=O)[C@@H]1c2cc(Br)ccc2C[C@@H]1CC(C)CC(C)C. The van der Waals surface area contributed by atoms with Crippen molar-refractivity contribution in [2.45, 2.75) is 52.9 Å². The molecular formula is C19H27BrO2. The summed E-state index contributed by atoms with van der Waals surface area (Å²) < 4.78 is 6.40. The van der Waals surface area contributed by atoms with Crippen LogP contribution in [0.25, 0.3) is 0 Å². The minimum Gasteiger partial charge on any atom is -0.466 e. The van der Waals surface area contributed by atoms with E-state index in [1.165, 1.54) is 12.0 Å². The minimum absolute atomic E-state index is 0.0545. The van der Waals surface area contributed by atoms with Crippen molar-refractivity contribution in [3.63, 3.8) is 0 Å². The van der Waals surface area contributed by atoms with Crippen LogP contribution in [0.3, 0.4) is 0 Å². The van der Waals surface area contributed by atoms with Crippen LogP contribution in [-0.2, 0) is 16.0 Å². The zero-order valence-corrected chi connectivity index (χ0v) is 15.7. The fourth-order valence-electron chi connectivity index (χ4n) is 3.88. The van der Waals surface area contributed by atoms with E-state index >= 15 is 0 Å². The number of hydrogen-bond acceptors (Lipinski definition) is 2. The van der Waals surface area contributed by atoms with Crippen LogP contribution in [0, 0.1) is 17.8 Å². The maximum atomic E-state index is 12.5. The van der Waals surface area contributed by atoms with Gasteiger partial charge in [-0.15, -0.1) is 0 Å². The number of carbonyl (C=O) groups is 1. The van der Waals surface area contributed by atoms with Gasteiger partial charge in [-0.25, -0.2) is 0 Å². The molecule has 0 spiro atoms. The summed E-state index contributed by atoms with van der Waals surface area (Å²) in [4.78, 5) is 12.5. The Hall–Kier alpha value is -0.830. The summed E-state index contributed by atoms with van der Waals surface area (Å²) in [7, 11) is 0. The molecule has 0 bridgehead atoms. The van der Waals surface area contributed by atoms with Crippen LogP contribution in [-0.4, -0.2) is 12.6 Å². The Balaban J connectivity index is 2.21. The van der Waals surface area contributed by atoms with Crippen molar-refractivity contribution in [3.8, 4) is 0 Å². The largest absolute Gasteiger partial charge is 0.466 e. The summed E-state index contributed by atoms with van der Waals surface area (Å²) in [6, 6.07) is 6.32. The molecule has 1 unspecified atom stereocenters. The van der Waals surface area contributed by atoms with Crippen molar-refractivity contribution in [1.82, 2.24) is 0 Å². The van der Waals surface area contributed by atoms with E-state index in [4.69, 9.17) is 4.74 Å². The summed E-state index contributed by atoms with van der Waals surface area (Å²) in [5, 5.41) is 0. The van der Waals surface area contributed by atoms with Gasteiger partial charge in [0.2, 0.25) is 0 Å². The first kappa shape index (κ1) is 17.5. The Morgan fingerprint density at radius 3 is 2.73 bits per heavy atom. The average molecular weight is 367 g/mol. The second kappa shape index (κ2) is 7.63. The van der Waals surface area contributed by atoms with E-state index in [1.54, 1.807) is 0 Å². The average Bonchev–Trinajstić information content (AvgIpc) is 2.74. The maximum Gasteiger partial charge on any atom is 0.313 e. The highest BCUT2D eigenvalue weighted by molar-refractivity contribution is 9.10. The van der Waals surface area contributed by atoms with Crippen LogP contribution in [0.2, 0.25) is 0 Å². The summed E-state index contributed by atoms with van der Waals surface area (Å²) in [5.41, 5.74) is 2.47. The topological polar surface area (TPSA) is 26.3 Å². The standard InChI is InChI=1S/C19H27BrO2/c1-5-22-19(21)18-15(9-13(4)8-12(2)3)10-14-6-7-16(20)11-17(14)18/h6-7,11-13,15,18H,5,8-10H2,1-4H3/t13?,15-,18-/m0/s1. The monoisotopic (exact) mass is 366 g/mol. The smallest absolute Gasteiger partial charge is 0.313 e. The molecule has 0 aliphatic heterocycles. The van der Waals surface area contributed by atoms with E-state index in [0.717, 1.165) is 22.9 Å². The first-order valence-corrected chi connectivity index (χ1v) is 9.16. The predicted molar refractivity (Wildman–Crippen MR) is 93.9 cm³/mol. The highest BCUT2D eigenvalue weighted by Gasteiger charge is 2.39. The van der Waals surface area contributed by atoms with Crippen molar-refractivity contribution in [1.29, 1.82) is 0 Å². The second-order valence-corrected chi connectivity index (χ2v) is 7.92. The van der Waals surface area contributed by atoms with Crippen LogP contribution in [0.5, 0.6) is 0 Å². The third kappa shape index (κ3) is 4.13. The number of benzene rings is 1. The molecule has 3 heteroatoms. The molecule has 0 amide bonds. The highest BCUT2D eigenvalue weighted by Crippen LogP contribution is 2.43. The molecule has 0 aromatic heterocycles. The lowest BCUT2D eigenvalue weighted by atomic mass is 9.83. The molecule has 22 heavy (non-hydrogen) atoms. The number of rotatable bonds is 6. The summed E-state index contributed by atoms with van der Waals surface area (Å²) in [6.07, 6.45) is 3.30. The van der Waals surface area contributed by atoms with Crippen LogP contribution in [0.15, 0.2) is 22.7 Å². The van der Waals surface area contributed by atoms with Gasteiger partial charge in [-0.3, -0.25) is 4.79 Å². The number of ether oxygens (including phenoxy) is 1. The van der Waals surface area contributed by atoms with Crippen molar-refractivity contribution in [2.75, 3.05) is 6.61 Å². The molecule has 0 radical (unpaired) electrons. The molecule has 0 saturated carbocycles. The fourth-order valence-corrected chi connectivity index (χ4v) is 4.26. The van der Waals surface area contributed by atoms with Crippen LogP contribution in [0.1, 0.15) is 57.6 Å². The Bertz CT molecular complexity index is 524. The maximum absolute atomic E-state index is 12.5. The third-order valence-electron chi connectivity index (χ3n) is 4.52. The highest BCUT2D eigenvalue weighted by atomic mass is 79.9. The molecule has 0 heterocycles. The Labute approximate surface area is 142 Å². The van der Waals surface area contributed by atoms with Gasteiger partial charge in [-0.1, -0.05) is 42.8 Å². The quantitative estimate of drug-likeness (QED) is 0.635. The van der Waals surface area contributed by atoms with Crippen molar-refractivity contribution < 1.29 is 9.53 Å². The van der Waals surface area contributed by atoms with E-state index in [2.05, 4.69) is 54.9 Å². The fraction of sp³-hybridized carbons (Fsp3) is 0.632. The summed E-state index contributed by atoms with van der Waals surface area (Å²) >= 11 is 3.53. The van der Waals surface area contributed by atoms with Crippen molar-refractivity contribution in [3.05, 3.63) is 33.8 Å². The van der Waals surface area contributed by atoms with Crippen molar-refractivity contribution in [2.24, 2.45) is 17.8 Å². The molecule has 3 atom stereocenters. The van der Waals surface area contributed by atoms with Gasteiger partial charge >= 0.3 is 5.97 Å². The summed E-state index contributed by atoms with van der Waals surface area (Å²) in [6.45, 7) is 9.17. The third-order valence-corrected chi connectivity index (χ3v) is 5.01. The lowest BCUT2D eigenvalue weighted by Crippen LogP contribution is -2.22. The Morgan fingerprint density at radius 2 is 2.09 bits per heavy atom. The molecule has 1 aliphatic carbocycles. The molecule has 0 N–H and O–H groups in total. The molecular weight excluding hydrogens is 340 g/mol. The molecule has 0 saturated heterocycles. The van der Waals surface area contributed by atoms with E-state index < -0.39 is 0 Å². The number of halogens is 1. The second-order valence-electron chi connectivity index (χ2n) is 7.01. The van der Waals surface area contributed by atoms with Crippen LogP contribution < -0.4 is 0 Å². The first-order chi connectivity index (χ1) is 10.4. The molecule has 122 valence electrons. The van der Waals surface area contributed by atoms with E-state index in [1.807, 2.05) is 6.92 Å². The summed E-state index contributed by atoms with van der Waals surface area (Å²) in [5.74, 6) is 1.56. The van der Waals surface area contributed by atoms with E-state index in [0.29, 0.717) is 24.4 Å². The van der Waals surface area contributed by atoms with Gasteiger partial charge in [0.05, 0.1) is 12.5 Å². The van der Waals surface area contributed by atoms with Gasteiger partial charge in [0, 0.05) is 4.47 Å². The number of fused-ring (bicyclic) bond motifs is 1. The molecule has 1 aromatic rings. The zero-order chi connectivity index (χ0) is 16.3. The lowest BCUT2D eigenvalue weighted by molar-refractivity contribution is -0.146. The molecule has 1 aromatic carbocycles. The lowest BCUT2D eigenvalue weighted by Gasteiger charge is -2.23. The van der Waals surface area contributed by atoms with Crippen molar-refractivity contribution >= 4 is 21.9 Å². The Morgan fingerprint density at radius 1 is 1.36 bits per heavy atom. The van der Waals surface area contributed by atoms with E-state index in [-0.39, 0.29) is 11.9 Å². The number of carbonyl (C=O) groups excluding carboxylic acids is 1. The van der Waals surface area contributed by atoms with Crippen LogP contribution in [0.4, 0.5) is 0 Å². The molecule has 0 fully saturated rings. The Kier molecular flexibility index (Phi) is 6.08. The molecule has 2 rings (SSSR count). The number of hydrogen-bond donors (Lipinski definition) is 0. The minimum atomic E-state index is -0.0953. The van der Waals surface area contributed by atoms with Gasteiger partial charge < -0.3 is 4.74 Å². The van der Waals surface area contributed by atoms with Gasteiger partial charge in [0.1, 0.15) is 0 Å². The first-order valence-electron chi connectivity index (χ1n) is 8.37. The van der Waals surface area contributed by atoms with Gasteiger partial charge in [-0.05, 0) is 67.2 Å². The predicted octanol–water partition coefficient (Wildman–Crippen LogP) is 5.34. The van der Waals surface area contributed by atoms with Gasteiger partial charge in [-0.2, -0.15) is 0 Å². The van der Waals surface area contributed by atoms with Gasteiger partial charge in [0.15, 0.2) is 0 Å². The molecule has 2 nitrogen and oxygen atoms in total.